The van der Waals surface area contributed by atoms with Crippen LogP contribution in [0.2, 0.25) is 0 Å². The molecule has 84 heavy (non-hydrogen) atoms. The molecule has 3 heterocycles. The van der Waals surface area contributed by atoms with Crippen molar-refractivity contribution in [2.24, 2.45) is 22.4 Å². The van der Waals surface area contributed by atoms with Gasteiger partial charge in [0.15, 0.2) is 11.7 Å². The highest BCUT2D eigenvalue weighted by Gasteiger charge is 2.39. The number of nitrogens with two attached hydrogens (primary N) is 2. The van der Waals surface area contributed by atoms with Crippen molar-refractivity contribution in [3.8, 4) is 0 Å². The van der Waals surface area contributed by atoms with Crippen LogP contribution in [0.4, 0.5) is 0 Å². The van der Waals surface area contributed by atoms with Gasteiger partial charge in [0.2, 0.25) is 47.3 Å². The van der Waals surface area contributed by atoms with E-state index in [-0.39, 0.29) is 122 Å². The van der Waals surface area contributed by atoms with Crippen molar-refractivity contribution in [2.45, 2.75) is 81.2 Å². The number of ketones is 1. The summed E-state index contributed by atoms with van der Waals surface area (Å²) < 4.78 is 9.92. The number of rotatable bonds is 29. The number of carboxylic acids is 2. The molecule has 0 radical (unpaired) electrons. The molecule has 464 valence electrons. The number of amides is 8. The van der Waals surface area contributed by atoms with Crippen LogP contribution in [0, 0.1) is 5.92 Å². The van der Waals surface area contributed by atoms with Crippen molar-refractivity contribution in [1.29, 1.82) is 0 Å². The number of nitrogens with one attached hydrogen (secondary N) is 6. The minimum atomic E-state index is -1.55. The third kappa shape index (κ3) is 26.2. The van der Waals surface area contributed by atoms with E-state index in [1.54, 1.807) is 40.1 Å². The number of imide groups is 1. The normalized spacial score (nSPS) is 21.6. The topological polar surface area (TPSA) is 434 Å². The highest BCUT2D eigenvalue weighted by Crippen LogP contribution is 2.25. The molecule has 1 aromatic carbocycles. The van der Waals surface area contributed by atoms with E-state index in [9.17, 15) is 72.5 Å². The van der Waals surface area contributed by atoms with Gasteiger partial charge in [0, 0.05) is 97.3 Å². The monoisotopic (exact) mass is 1200 g/mol. The zero-order valence-electron chi connectivity index (χ0n) is 46.8. The molecule has 0 spiro atoms. The van der Waals surface area contributed by atoms with Crippen LogP contribution in [0.1, 0.15) is 56.9 Å². The molecule has 0 aromatic heterocycles. The first kappa shape index (κ1) is 68.7. The Balaban J connectivity index is 1.32. The predicted molar refractivity (Wildman–Crippen MR) is 299 cm³/mol. The fourth-order valence-electron chi connectivity index (χ4n) is 9.23. The second-order valence-corrected chi connectivity index (χ2v) is 21.3. The van der Waals surface area contributed by atoms with Gasteiger partial charge in [-0.15, -0.1) is 11.8 Å². The molecule has 0 bridgehead atoms. The molecule has 3 fully saturated rings. The van der Waals surface area contributed by atoms with Crippen molar-refractivity contribution in [2.75, 3.05) is 117 Å². The maximum atomic E-state index is 14.2. The van der Waals surface area contributed by atoms with Crippen molar-refractivity contribution in [1.82, 2.24) is 56.4 Å². The summed E-state index contributed by atoms with van der Waals surface area (Å²) in [5, 5.41) is 33.9. The maximum Gasteiger partial charge on any atom is 0.317 e. The van der Waals surface area contributed by atoms with Gasteiger partial charge in [-0.3, -0.25) is 91.8 Å². The van der Waals surface area contributed by atoms with Crippen LogP contribution in [0.5, 0.6) is 0 Å². The molecule has 8 amide bonds. The van der Waals surface area contributed by atoms with E-state index in [0.717, 1.165) is 16.7 Å². The standard InChI is InChI=1S/C52H78N14O17S/c53-52(54)57-12-6-10-37-49(79)58-27-42(70)59-39(25-46(74)75)40(69)24-36(23-35-7-2-1-3-8-35)48(78)60-38(50(80)61-37)9-4-5-11-55-44(72)30-84-41-26-45(73)66(51(41)81)14-13-56-43(71)28-62-15-16-63(29-47(76)77)18-20-65(32-83-34-68)22-21-64(19-17-62)31-82-33-67/h1-3,7-8,33-34,36-39,41H,4-6,9-32H2,(H,55,72)(H,56,71)(H,58,79)(H,59,70)(H,60,78)(H,61,80)(H,74,75)(H,76,77)(H4,53,54,57)/t36-,37+,38-,39+,41?/m1/s1. The van der Waals surface area contributed by atoms with Crippen LogP contribution in [0.15, 0.2) is 35.3 Å². The Hall–Kier alpha value is -7.81. The fraction of sp³-hybridized carbons (Fsp3) is 0.615. The Bertz CT molecular complexity index is 2460. The second-order valence-electron chi connectivity index (χ2n) is 20.1. The average Bonchev–Trinajstić information content (AvgIpc) is 3.93. The number of ether oxygens (including phenoxy) is 2. The first-order chi connectivity index (χ1) is 40.2. The number of guanidine groups is 1. The Labute approximate surface area is 489 Å². The van der Waals surface area contributed by atoms with Crippen LogP contribution in [-0.4, -0.2) is 259 Å². The Morgan fingerprint density at radius 1 is 0.679 bits per heavy atom. The smallest absolute Gasteiger partial charge is 0.317 e. The largest absolute Gasteiger partial charge is 0.481 e. The van der Waals surface area contributed by atoms with E-state index in [1.165, 1.54) is 0 Å². The molecule has 32 heteroatoms. The average molecular weight is 1200 g/mol. The van der Waals surface area contributed by atoms with E-state index in [0.29, 0.717) is 57.8 Å². The van der Waals surface area contributed by atoms with Crippen molar-refractivity contribution < 1.29 is 82.0 Å². The van der Waals surface area contributed by atoms with Gasteiger partial charge in [0.25, 0.3) is 12.9 Å². The van der Waals surface area contributed by atoms with Crippen LogP contribution in [-0.2, 0) is 78.2 Å². The molecular weight excluding hydrogens is 1120 g/mol. The summed E-state index contributed by atoms with van der Waals surface area (Å²) in [5.74, 6) is -9.82. The van der Waals surface area contributed by atoms with Gasteiger partial charge in [0.05, 0.1) is 43.1 Å². The van der Waals surface area contributed by atoms with Crippen LogP contribution < -0.4 is 43.4 Å². The summed E-state index contributed by atoms with van der Waals surface area (Å²) in [4.78, 5) is 178. The number of carbonyl (C=O) groups is 13. The lowest BCUT2D eigenvalue weighted by molar-refractivity contribution is -0.141. The summed E-state index contributed by atoms with van der Waals surface area (Å²) in [6, 6.07) is 4.55. The summed E-state index contributed by atoms with van der Waals surface area (Å²) in [7, 11) is 0. The minimum Gasteiger partial charge on any atom is -0.481 e. The predicted octanol–water partition coefficient (Wildman–Crippen LogP) is -5.25. The van der Waals surface area contributed by atoms with Gasteiger partial charge >= 0.3 is 11.9 Å². The van der Waals surface area contributed by atoms with Crippen molar-refractivity contribution in [3.05, 3.63) is 35.9 Å². The lowest BCUT2D eigenvalue weighted by Gasteiger charge is -2.33. The molecule has 3 aliphatic rings. The third-order valence-corrected chi connectivity index (χ3v) is 14.9. The van der Waals surface area contributed by atoms with Gasteiger partial charge < -0.3 is 63.1 Å². The molecule has 3 saturated heterocycles. The van der Waals surface area contributed by atoms with Crippen molar-refractivity contribution in [3.63, 3.8) is 0 Å². The lowest BCUT2D eigenvalue weighted by atomic mass is 9.90. The molecule has 1 unspecified atom stereocenters. The zero-order valence-corrected chi connectivity index (χ0v) is 47.6. The number of likely N-dealkylation sites (tertiary alicyclic amines) is 1. The molecule has 5 atom stereocenters. The molecule has 31 nitrogen and oxygen atoms in total. The third-order valence-electron chi connectivity index (χ3n) is 13.7. The number of thioether (sulfide) groups is 1. The Morgan fingerprint density at radius 2 is 1.26 bits per heavy atom. The van der Waals surface area contributed by atoms with Gasteiger partial charge in [-0.1, -0.05) is 30.3 Å². The van der Waals surface area contributed by atoms with E-state index >= 15 is 0 Å². The number of aliphatic imine (C=N–C) groups is 1. The highest BCUT2D eigenvalue weighted by atomic mass is 32.2. The lowest BCUT2D eigenvalue weighted by Crippen LogP contribution is -2.55. The van der Waals surface area contributed by atoms with Gasteiger partial charge in [-0.2, -0.15) is 0 Å². The van der Waals surface area contributed by atoms with E-state index in [4.69, 9.17) is 20.9 Å². The number of aliphatic carboxylic acids is 2. The molecule has 1 aromatic rings. The summed E-state index contributed by atoms with van der Waals surface area (Å²) in [6.07, 6.45) is -0.805. The summed E-state index contributed by atoms with van der Waals surface area (Å²) in [6.45, 7) is 2.15. The van der Waals surface area contributed by atoms with E-state index < -0.39 is 114 Å². The second kappa shape index (κ2) is 37.4. The number of hydrogen-bond acceptors (Lipinski definition) is 21. The molecular formula is C52H78N14O17S. The van der Waals surface area contributed by atoms with Crippen LogP contribution in [0.25, 0.3) is 0 Å². The van der Waals surface area contributed by atoms with Crippen LogP contribution in [0.3, 0.4) is 0 Å². The Morgan fingerprint density at radius 3 is 1.87 bits per heavy atom. The fourth-order valence-corrected chi connectivity index (χ4v) is 10.2. The van der Waals surface area contributed by atoms with Gasteiger partial charge in [-0.05, 0) is 44.1 Å². The van der Waals surface area contributed by atoms with E-state index in [2.05, 4.69) is 36.9 Å². The molecule has 4 rings (SSSR count). The van der Waals surface area contributed by atoms with Gasteiger partial charge in [0.1, 0.15) is 25.5 Å². The van der Waals surface area contributed by atoms with Crippen molar-refractivity contribution >= 4 is 95.6 Å². The quantitative estimate of drug-likeness (QED) is 0.0118. The first-order valence-corrected chi connectivity index (χ1v) is 28.5. The molecule has 3 aliphatic heterocycles. The van der Waals surface area contributed by atoms with Gasteiger partial charge in [-0.25, -0.2) is 0 Å². The molecule has 0 saturated carbocycles. The highest BCUT2D eigenvalue weighted by molar-refractivity contribution is 8.01. The molecule has 0 aliphatic carbocycles. The van der Waals surface area contributed by atoms with Crippen LogP contribution >= 0.6 is 11.8 Å². The number of nitrogens with zero attached hydrogens (tertiary/aromatic N) is 6. The van der Waals surface area contributed by atoms with E-state index in [1.807, 2.05) is 9.80 Å². The summed E-state index contributed by atoms with van der Waals surface area (Å²) >= 11 is 0.965. The Kier molecular flexibility index (Phi) is 30.6. The number of hydrogen-bond donors (Lipinski definition) is 10. The number of unbranched alkanes of at least 4 members (excludes halogenated alkanes) is 1. The maximum absolute atomic E-state index is 14.2. The first-order valence-electron chi connectivity index (χ1n) is 27.5. The summed E-state index contributed by atoms with van der Waals surface area (Å²) in [5.41, 5.74) is 11.5. The molecule has 12 N–H and O–H groups in total. The number of carbonyl (C=O) groups excluding carboxylic acids is 11. The number of Topliss-reactive ketones (excluding diaryl/α,β-unsaturated/α-hetero) is 1. The number of carboxylic acid groups (broad SMARTS) is 2. The zero-order chi connectivity index (χ0) is 61.4. The number of benzene rings is 1. The SMILES string of the molecule is NC(N)=NCCC[C@@H]1NC(=O)[C@@H](CCCCNC(=O)CSC2CC(=O)N(CCNC(=O)CN3CCN(COC=O)CCN(COC=O)CCN(CC(=O)O)CC3)C2=O)NC(=O)[C@H](Cc2ccccc2)CC(=O)[C@H](CC(=O)O)NC(=O)CNC1=O. The minimum absolute atomic E-state index is 0.00227.